The smallest absolute Gasteiger partial charge is 0.275 e. The first-order chi connectivity index (χ1) is 14.6. The number of carbonyl (C=O) groups is 1. The third-order valence-corrected chi connectivity index (χ3v) is 8.31. The van der Waals surface area contributed by atoms with Crippen molar-refractivity contribution in [3.05, 3.63) is 29.3 Å². The van der Waals surface area contributed by atoms with Crippen molar-refractivity contribution < 1.29 is 19.3 Å². The quantitative estimate of drug-likeness (QED) is 0.589. The van der Waals surface area contributed by atoms with Gasteiger partial charge in [-0.25, -0.2) is 0 Å². The molecule has 1 aliphatic heterocycles. The predicted molar refractivity (Wildman–Crippen MR) is 117 cm³/mol. The summed E-state index contributed by atoms with van der Waals surface area (Å²) < 4.78 is 5.84. The van der Waals surface area contributed by atoms with Crippen molar-refractivity contribution in [1.82, 2.24) is 5.32 Å². The molecule has 5 aliphatic rings. The summed E-state index contributed by atoms with van der Waals surface area (Å²) in [6.45, 7) is 6.76. The van der Waals surface area contributed by atoms with E-state index in [0.717, 1.165) is 67.9 Å². The lowest BCUT2D eigenvalue weighted by atomic mass is 9.53. The lowest BCUT2D eigenvalue weighted by Crippen LogP contribution is -3.28. The molecule has 0 unspecified atom stereocenters. The van der Waals surface area contributed by atoms with E-state index in [-0.39, 0.29) is 5.54 Å². The van der Waals surface area contributed by atoms with Crippen molar-refractivity contribution in [3.8, 4) is 5.75 Å². The van der Waals surface area contributed by atoms with E-state index in [1.54, 1.807) is 4.90 Å². The molecular formula is C24H36ClN3O2+2. The summed E-state index contributed by atoms with van der Waals surface area (Å²) in [5.74, 6) is 3.81. The lowest BCUT2D eigenvalue weighted by Gasteiger charge is -2.56. The van der Waals surface area contributed by atoms with Gasteiger partial charge in [-0.05, 0) is 80.5 Å². The van der Waals surface area contributed by atoms with Crippen LogP contribution in [0.1, 0.15) is 38.5 Å². The molecule has 6 rings (SSSR count). The van der Waals surface area contributed by atoms with Gasteiger partial charge in [0.2, 0.25) is 0 Å². The molecule has 3 N–H and O–H groups in total. The number of piperazine rings is 1. The van der Waals surface area contributed by atoms with E-state index in [1.807, 2.05) is 24.3 Å². The summed E-state index contributed by atoms with van der Waals surface area (Å²) in [6.07, 6.45) is 8.00. The fourth-order valence-corrected chi connectivity index (χ4v) is 7.18. The highest BCUT2D eigenvalue weighted by Crippen LogP contribution is 2.55. The van der Waals surface area contributed by atoms with Crippen LogP contribution < -0.4 is 19.9 Å². The first kappa shape index (κ1) is 20.6. The van der Waals surface area contributed by atoms with Crippen LogP contribution in [-0.4, -0.2) is 57.3 Å². The first-order valence-electron chi connectivity index (χ1n) is 11.9. The molecule has 0 spiro atoms. The Balaban J connectivity index is 1.02. The topological polar surface area (TPSA) is 47.2 Å². The average Bonchev–Trinajstić information content (AvgIpc) is 2.69. The summed E-state index contributed by atoms with van der Waals surface area (Å²) in [7, 11) is 0. The van der Waals surface area contributed by atoms with Crippen LogP contribution in [0, 0.1) is 17.8 Å². The molecule has 1 saturated heterocycles. The second kappa shape index (κ2) is 8.68. The molecule has 4 aliphatic carbocycles. The van der Waals surface area contributed by atoms with Crippen molar-refractivity contribution in [1.29, 1.82) is 0 Å². The van der Waals surface area contributed by atoms with Gasteiger partial charge in [-0.1, -0.05) is 11.6 Å². The van der Waals surface area contributed by atoms with Crippen LogP contribution in [0.4, 0.5) is 0 Å². The van der Waals surface area contributed by atoms with Crippen molar-refractivity contribution in [2.75, 3.05) is 45.9 Å². The van der Waals surface area contributed by atoms with Gasteiger partial charge < -0.3 is 19.9 Å². The molecule has 5 nitrogen and oxygen atoms in total. The van der Waals surface area contributed by atoms with Crippen molar-refractivity contribution in [3.63, 3.8) is 0 Å². The third kappa shape index (κ3) is 4.79. The number of rotatable bonds is 7. The zero-order chi connectivity index (χ0) is 20.6. The summed E-state index contributed by atoms with van der Waals surface area (Å²) >= 11 is 5.91. The molecule has 30 heavy (non-hydrogen) atoms. The molecule has 4 bridgehead atoms. The van der Waals surface area contributed by atoms with Crippen LogP contribution in [0.3, 0.4) is 0 Å². The molecular weight excluding hydrogens is 398 g/mol. The van der Waals surface area contributed by atoms with Gasteiger partial charge in [0.1, 0.15) is 45.1 Å². The summed E-state index contributed by atoms with van der Waals surface area (Å²) in [5, 5.41) is 4.28. The molecule has 5 fully saturated rings. The number of carbonyl (C=O) groups excluding carboxylic acids is 1. The van der Waals surface area contributed by atoms with E-state index in [1.165, 1.54) is 43.4 Å². The van der Waals surface area contributed by atoms with Crippen molar-refractivity contribution in [2.45, 2.75) is 44.1 Å². The maximum absolute atomic E-state index is 12.9. The number of hydrogen-bond acceptors (Lipinski definition) is 2. The second-order valence-corrected chi connectivity index (χ2v) is 10.9. The van der Waals surface area contributed by atoms with Crippen LogP contribution in [0.25, 0.3) is 0 Å². The van der Waals surface area contributed by atoms with Gasteiger partial charge in [-0.15, -0.1) is 0 Å². The summed E-state index contributed by atoms with van der Waals surface area (Å²) in [5.41, 5.74) is 0.150. The SMILES string of the molecule is O=C(C[NH+]1CC[NH+](CCOc2ccc(Cl)cc2)CC1)NC12CC3CC(CC(C3)C1)C2. The van der Waals surface area contributed by atoms with Gasteiger partial charge in [0.05, 0.1) is 0 Å². The largest absolute Gasteiger partial charge is 0.488 e. The standard InChI is InChI=1S/C24H34ClN3O2/c25-21-1-3-22(4-2-21)30-10-9-27-5-7-28(8-6-27)17-23(29)26-24-14-18-11-19(15-24)13-20(12-18)16-24/h1-4,18-20H,5-17H2,(H,26,29)/p+2. The Hall–Kier alpha value is -1.30. The molecule has 1 amide bonds. The highest BCUT2D eigenvalue weighted by atomic mass is 35.5. The van der Waals surface area contributed by atoms with E-state index in [0.29, 0.717) is 12.5 Å². The van der Waals surface area contributed by atoms with Gasteiger partial charge in [-0.3, -0.25) is 4.79 Å². The highest BCUT2D eigenvalue weighted by molar-refractivity contribution is 6.30. The summed E-state index contributed by atoms with van der Waals surface area (Å²) in [4.78, 5) is 15.9. The molecule has 0 radical (unpaired) electrons. The number of quaternary nitrogens is 2. The number of benzene rings is 1. The van der Waals surface area contributed by atoms with Crippen LogP contribution in [0.2, 0.25) is 5.02 Å². The van der Waals surface area contributed by atoms with E-state index in [9.17, 15) is 4.79 Å². The second-order valence-electron chi connectivity index (χ2n) is 10.5. The monoisotopic (exact) mass is 433 g/mol. The van der Waals surface area contributed by atoms with Crippen LogP contribution in [0.5, 0.6) is 5.75 Å². The maximum Gasteiger partial charge on any atom is 0.275 e. The van der Waals surface area contributed by atoms with Gasteiger partial charge in [0.15, 0.2) is 6.54 Å². The number of ether oxygens (including phenoxy) is 1. The lowest BCUT2D eigenvalue weighted by molar-refractivity contribution is -1.01. The Bertz CT molecular complexity index is 710. The molecule has 0 aromatic heterocycles. The minimum atomic E-state index is 0.150. The Kier molecular flexibility index (Phi) is 5.96. The number of halogens is 1. The van der Waals surface area contributed by atoms with Crippen LogP contribution in [0.15, 0.2) is 24.3 Å². The predicted octanol–water partition coefficient (Wildman–Crippen LogP) is 0.587. The third-order valence-electron chi connectivity index (χ3n) is 8.06. The van der Waals surface area contributed by atoms with Crippen LogP contribution >= 0.6 is 11.6 Å². The molecule has 6 heteroatoms. The molecule has 164 valence electrons. The summed E-state index contributed by atoms with van der Waals surface area (Å²) in [6, 6.07) is 7.56. The van der Waals surface area contributed by atoms with E-state index < -0.39 is 0 Å². The fourth-order valence-electron chi connectivity index (χ4n) is 7.06. The molecule has 1 aromatic rings. The number of nitrogens with one attached hydrogen (secondary N) is 3. The Morgan fingerprint density at radius 3 is 2.13 bits per heavy atom. The molecule has 0 atom stereocenters. The minimum absolute atomic E-state index is 0.150. The number of hydrogen-bond donors (Lipinski definition) is 3. The van der Waals surface area contributed by atoms with E-state index in [4.69, 9.17) is 16.3 Å². The minimum Gasteiger partial charge on any atom is -0.488 e. The molecule has 4 saturated carbocycles. The van der Waals surface area contributed by atoms with Gasteiger partial charge in [-0.2, -0.15) is 0 Å². The number of amides is 1. The van der Waals surface area contributed by atoms with Gasteiger partial charge >= 0.3 is 0 Å². The first-order valence-corrected chi connectivity index (χ1v) is 12.3. The fraction of sp³-hybridized carbons (Fsp3) is 0.708. The maximum atomic E-state index is 12.9. The zero-order valence-electron chi connectivity index (χ0n) is 17.9. The normalized spacial score (nSPS) is 37.2. The van der Waals surface area contributed by atoms with Crippen molar-refractivity contribution >= 4 is 17.5 Å². The zero-order valence-corrected chi connectivity index (χ0v) is 18.7. The molecule has 1 aromatic carbocycles. The van der Waals surface area contributed by atoms with E-state index in [2.05, 4.69) is 5.32 Å². The van der Waals surface area contributed by atoms with Crippen LogP contribution in [-0.2, 0) is 4.79 Å². The van der Waals surface area contributed by atoms with Gasteiger partial charge in [0.25, 0.3) is 5.91 Å². The Labute approximate surface area is 185 Å². The van der Waals surface area contributed by atoms with E-state index >= 15 is 0 Å². The Morgan fingerprint density at radius 1 is 0.967 bits per heavy atom. The van der Waals surface area contributed by atoms with Crippen molar-refractivity contribution in [2.24, 2.45) is 17.8 Å². The average molecular weight is 434 g/mol. The molecule has 1 heterocycles. The van der Waals surface area contributed by atoms with Gasteiger partial charge in [0, 0.05) is 10.6 Å². The highest BCUT2D eigenvalue weighted by Gasteiger charge is 2.51. The Morgan fingerprint density at radius 2 is 1.53 bits per heavy atom.